The predicted molar refractivity (Wildman–Crippen MR) is 26.3 cm³/mol. The Labute approximate surface area is 51.4 Å². The fourth-order valence-corrected chi connectivity index (χ4v) is 0.661. The quantitative estimate of drug-likeness (QED) is 0.368. The first-order valence-electron chi connectivity index (χ1n) is 2.59. The fourth-order valence-electron chi connectivity index (χ4n) is 0.661. The van der Waals surface area contributed by atoms with Crippen molar-refractivity contribution < 1.29 is 19.4 Å². The molecule has 9 heavy (non-hydrogen) atoms. The van der Waals surface area contributed by atoms with E-state index < -0.39 is 17.9 Å². The average Bonchev–Trinajstić information content (AvgIpc) is 2.10. The molecule has 50 valence electrons. The molecule has 1 heterocycles. The molecule has 1 fully saturated rings. The molecule has 0 radical (unpaired) electrons. The number of rotatable bonds is 1. The molecule has 1 N–H and O–H groups in total. The van der Waals surface area contributed by atoms with Gasteiger partial charge in [0, 0.05) is 0 Å². The summed E-state index contributed by atoms with van der Waals surface area (Å²) in [5.74, 6) is -1.76. The van der Waals surface area contributed by atoms with Crippen LogP contribution in [0, 0.1) is 5.92 Å². The molecule has 0 aromatic carbocycles. The van der Waals surface area contributed by atoms with Crippen molar-refractivity contribution in [3.63, 3.8) is 0 Å². The van der Waals surface area contributed by atoms with Gasteiger partial charge in [0.05, 0.1) is 18.9 Å². The fraction of sp³-hybridized carbons (Fsp3) is 0.600. The Balaban J connectivity index is 2.58. The van der Waals surface area contributed by atoms with Crippen LogP contribution in [0.4, 0.5) is 0 Å². The summed E-state index contributed by atoms with van der Waals surface area (Å²) in [5.41, 5.74) is 0. The minimum absolute atomic E-state index is 0.0231. The second kappa shape index (κ2) is 2.14. The van der Waals surface area contributed by atoms with Gasteiger partial charge in [-0.1, -0.05) is 0 Å². The Kier molecular flexibility index (Phi) is 1.48. The molecule has 1 aliphatic heterocycles. The number of cyclic esters (lactones) is 2. The van der Waals surface area contributed by atoms with E-state index in [0.717, 1.165) is 0 Å². The van der Waals surface area contributed by atoms with E-state index in [1.165, 1.54) is 0 Å². The minimum atomic E-state index is -0.613. The van der Waals surface area contributed by atoms with Crippen LogP contribution in [0.25, 0.3) is 0 Å². The van der Waals surface area contributed by atoms with E-state index in [9.17, 15) is 9.59 Å². The summed E-state index contributed by atoms with van der Waals surface area (Å²) in [6, 6.07) is 0. The number of hydrogen-bond donors (Lipinski definition) is 1. The van der Waals surface area contributed by atoms with E-state index in [2.05, 4.69) is 4.74 Å². The number of carbonyl (C=O) groups is 2. The second-order valence-electron chi connectivity index (χ2n) is 1.88. The zero-order valence-corrected chi connectivity index (χ0v) is 4.66. The van der Waals surface area contributed by atoms with E-state index >= 15 is 0 Å². The third kappa shape index (κ3) is 1.08. The van der Waals surface area contributed by atoms with E-state index in [1.54, 1.807) is 0 Å². The molecule has 0 saturated carbocycles. The van der Waals surface area contributed by atoms with Crippen LogP contribution in [0.2, 0.25) is 0 Å². The van der Waals surface area contributed by atoms with Crippen LogP contribution in [0.15, 0.2) is 0 Å². The van der Waals surface area contributed by atoms with Crippen molar-refractivity contribution in [3.05, 3.63) is 0 Å². The molecule has 4 heteroatoms. The normalized spacial score (nSPS) is 26.6. The standard InChI is InChI=1S/C5H6O4/c6-2-3-1-4(7)9-5(3)8/h3,6H,1-2H2. The summed E-state index contributed by atoms with van der Waals surface area (Å²) in [7, 11) is 0. The van der Waals surface area contributed by atoms with Crippen molar-refractivity contribution in [1.82, 2.24) is 0 Å². The Morgan fingerprint density at radius 1 is 1.67 bits per heavy atom. The summed E-state index contributed by atoms with van der Waals surface area (Å²) in [6.45, 7) is -0.301. The average molecular weight is 130 g/mol. The number of aliphatic hydroxyl groups is 1. The molecule has 0 aromatic rings. The lowest BCUT2D eigenvalue weighted by atomic mass is 10.1. The Hall–Kier alpha value is -0.900. The SMILES string of the molecule is O=C1CC(CO)C(=O)O1. The lowest BCUT2D eigenvalue weighted by Gasteiger charge is -1.93. The van der Waals surface area contributed by atoms with Crippen molar-refractivity contribution in [2.75, 3.05) is 6.61 Å². The summed E-state index contributed by atoms with van der Waals surface area (Å²) in [4.78, 5) is 20.7. The van der Waals surface area contributed by atoms with Gasteiger partial charge in [0.15, 0.2) is 0 Å². The maximum Gasteiger partial charge on any atom is 0.319 e. The Bertz CT molecular complexity index is 151. The van der Waals surface area contributed by atoms with Crippen LogP contribution >= 0.6 is 0 Å². The van der Waals surface area contributed by atoms with Crippen LogP contribution in [-0.2, 0) is 14.3 Å². The largest absolute Gasteiger partial charge is 0.395 e. The van der Waals surface area contributed by atoms with E-state index in [1.807, 2.05) is 0 Å². The van der Waals surface area contributed by atoms with Gasteiger partial charge in [-0.25, -0.2) is 0 Å². The molecule has 4 nitrogen and oxygen atoms in total. The van der Waals surface area contributed by atoms with Crippen molar-refractivity contribution in [2.24, 2.45) is 5.92 Å². The smallest absolute Gasteiger partial charge is 0.319 e. The van der Waals surface area contributed by atoms with Gasteiger partial charge in [-0.3, -0.25) is 9.59 Å². The van der Waals surface area contributed by atoms with Gasteiger partial charge in [-0.15, -0.1) is 0 Å². The highest BCUT2D eigenvalue weighted by atomic mass is 16.6. The molecular weight excluding hydrogens is 124 g/mol. The molecule has 0 spiro atoms. The van der Waals surface area contributed by atoms with Crippen LogP contribution in [-0.4, -0.2) is 23.7 Å². The number of esters is 2. The van der Waals surface area contributed by atoms with E-state index in [4.69, 9.17) is 5.11 Å². The van der Waals surface area contributed by atoms with Crippen molar-refractivity contribution in [3.8, 4) is 0 Å². The van der Waals surface area contributed by atoms with Gasteiger partial charge < -0.3 is 9.84 Å². The third-order valence-corrected chi connectivity index (χ3v) is 1.18. The Morgan fingerprint density at radius 2 is 2.33 bits per heavy atom. The van der Waals surface area contributed by atoms with Crippen molar-refractivity contribution in [2.45, 2.75) is 6.42 Å². The van der Waals surface area contributed by atoms with E-state index in [-0.39, 0.29) is 13.0 Å². The summed E-state index contributed by atoms with van der Waals surface area (Å²) >= 11 is 0. The van der Waals surface area contributed by atoms with Crippen LogP contribution in [0.5, 0.6) is 0 Å². The van der Waals surface area contributed by atoms with Gasteiger partial charge in [-0.2, -0.15) is 0 Å². The Morgan fingerprint density at radius 3 is 2.56 bits per heavy atom. The van der Waals surface area contributed by atoms with Crippen LogP contribution in [0.1, 0.15) is 6.42 Å². The number of ether oxygens (including phenoxy) is 1. The highest BCUT2D eigenvalue weighted by Crippen LogP contribution is 2.13. The molecule has 1 atom stereocenters. The third-order valence-electron chi connectivity index (χ3n) is 1.18. The molecule has 1 rings (SSSR count). The van der Waals surface area contributed by atoms with Crippen LogP contribution in [0.3, 0.4) is 0 Å². The number of aliphatic hydroxyl groups excluding tert-OH is 1. The molecule has 0 bridgehead atoms. The lowest BCUT2D eigenvalue weighted by molar-refractivity contribution is -0.153. The first-order chi connectivity index (χ1) is 4.24. The predicted octanol–water partition coefficient (Wildman–Crippen LogP) is -0.932. The summed E-state index contributed by atoms with van der Waals surface area (Å²) < 4.78 is 4.13. The highest BCUT2D eigenvalue weighted by Gasteiger charge is 2.32. The molecule has 1 unspecified atom stereocenters. The molecular formula is C5H6O4. The molecule has 0 aliphatic carbocycles. The van der Waals surface area contributed by atoms with Crippen molar-refractivity contribution >= 4 is 11.9 Å². The van der Waals surface area contributed by atoms with Crippen molar-refractivity contribution in [1.29, 1.82) is 0 Å². The number of carbonyl (C=O) groups excluding carboxylic acids is 2. The minimum Gasteiger partial charge on any atom is -0.395 e. The second-order valence-corrected chi connectivity index (χ2v) is 1.88. The van der Waals surface area contributed by atoms with Gasteiger partial charge in [-0.05, 0) is 0 Å². The van der Waals surface area contributed by atoms with Crippen LogP contribution < -0.4 is 0 Å². The molecule has 1 saturated heterocycles. The number of hydrogen-bond acceptors (Lipinski definition) is 4. The van der Waals surface area contributed by atoms with Gasteiger partial charge in [0.25, 0.3) is 0 Å². The zero-order valence-electron chi connectivity index (χ0n) is 4.66. The van der Waals surface area contributed by atoms with Gasteiger partial charge >= 0.3 is 11.9 Å². The maximum atomic E-state index is 10.4. The monoisotopic (exact) mass is 130 g/mol. The molecule has 0 aromatic heterocycles. The summed E-state index contributed by atoms with van der Waals surface area (Å²) in [6.07, 6.45) is 0.0231. The molecule has 1 aliphatic rings. The first-order valence-corrected chi connectivity index (χ1v) is 2.59. The lowest BCUT2D eigenvalue weighted by Crippen LogP contribution is -2.11. The van der Waals surface area contributed by atoms with Gasteiger partial charge in [0.1, 0.15) is 0 Å². The molecule has 0 amide bonds. The zero-order chi connectivity index (χ0) is 6.85. The van der Waals surface area contributed by atoms with Gasteiger partial charge in [0.2, 0.25) is 0 Å². The maximum absolute atomic E-state index is 10.4. The summed E-state index contributed by atoms with van der Waals surface area (Å²) in [5, 5.41) is 8.40. The van der Waals surface area contributed by atoms with E-state index in [0.29, 0.717) is 0 Å². The first kappa shape index (κ1) is 6.22. The highest BCUT2D eigenvalue weighted by molar-refractivity contribution is 5.94. The topological polar surface area (TPSA) is 63.6 Å².